The van der Waals surface area contributed by atoms with Crippen LogP contribution < -0.4 is 0 Å². The number of hydrogen-bond acceptors (Lipinski definition) is 2. The number of rotatable bonds is 0. The third-order valence-electron chi connectivity index (χ3n) is 6.21. The van der Waals surface area contributed by atoms with Gasteiger partial charge in [0.2, 0.25) is 0 Å². The van der Waals surface area contributed by atoms with Crippen LogP contribution in [0, 0.1) is 29.6 Å². The van der Waals surface area contributed by atoms with Gasteiger partial charge in [0.25, 0.3) is 0 Å². The number of Topliss-reactive ketones (excluding diaryl/α,β-unsaturated/α-hetero) is 1. The zero-order valence-corrected chi connectivity index (χ0v) is 11.6. The van der Waals surface area contributed by atoms with E-state index in [9.17, 15) is 4.79 Å². The van der Waals surface area contributed by atoms with Gasteiger partial charge < -0.3 is 4.74 Å². The molecule has 104 valence electrons. The molecule has 0 amide bonds. The lowest BCUT2D eigenvalue weighted by molar-refractivity contribution is -0.120. The number of hydrogen-bond donors (Lipinski definition) is 0. The molecule has 2 heteroatoms. The molecule has 6 atom stereocenters. The van der Waals surface area contributed by atoms with Crippen molar-refractivity contribution in [3.63, 3.8) is 0 Å². The standard InChI is InChI=1S/C17H24O2/c18-13-8-9-19-17-12(10-13)5-6-15-14-3-1-2-11(14)4-7-16(15)17/h1-2,11-12,14-17H,3-10H2. The highest BCUT2D eigenvalue weighted by atomic mass is 16.5. The fraction of sp³-hybridized carbons (Fsp3) is 0.824. The number of fused-ring (bicyclic) bond motifs is 5. The van der Waals surface area contributed by atoms with Crippen LogP contribution in [0.4, 0.5) is 0 Å². The SMILES string of the molecule is O=C1CCOC2C(CCC3C4CC=CC4CCC32)C1. The normalized spacial score (nSPS) is 49.2. The van der Waals surface area contributed by atoms with Gasteiger partial charge in [0.1, 0.15) is 5.78 Å². The minimum Gasteiger partial charge on any atom is -0.377 e. The van der Waals surface area contributed by atoms with E-state index in [4.69, 9.17) is 4.74 Å². The Labute approximate surface area is 115 Å². The smallest absolute Gasteiger partial charge is 0.135 e. The molecule has 1 heterocycles. The molecule has 0 aromatic heterocycles. The van der Waals surface area contributed by atoms with Crippen LogP contribution in [0.1, 0.15) is 44.9 Å². The number of ketones is 1. The molecule has 2 saturated carbocycles. The molecule has 2 nitrogen and oxygen atoms in total. The molecule has 0 N–H and O–H groups in total. The zero-order chi connectivity index (χ0) is 12.8. The highest BCUT2D eigenvalue weighted by Gasteiger charge is 2.48. The first-order valence-electron chi connectivity index (χ1n) is 8.13. The van der Waals surface area contributed by atoms with E-state index in [1.165, 1.54) is 32.1 Å². The fourth-order valence-corrected chi connectivity index (χ4v) is 5.38. The summed E-state index contributed by atoms with van der Waals surface area (Å²) in [7, 11) is 0. The maximum Gasteiger partial charge on any atom is 0.135 e. The van der Waals surface area contributed by atoms with Crippen molar-refractivity contribution in [2.75, 3.05) is 6.61 Å². The molecule has 4 rings (SSSR count). The monoisotopic (exact) mass is 260 g/mol. The lowest BCUT2D eigenvalue weighted by atomic mass is 9.59. The van der Waals surface area contributed by atoms with Crippen molar-refractivity contribution >= 4 is 5.78 Å². The molecular weight excluding hydrogens is 236 g/mol. The highest BCUT2D eigenvalue weighted by molar-refractivity contribution is 5.79. The number of carbonyl (C=O) groups is 1. The van der Waals surface area contributed by atoms with E-state index >= 15 is 0 Å². The second-order valence-corrected chi connectivity index (χ2v) is 7.06. The Morgan fingerprint density at radius 3 is 2.89 bits per heavy atom. The lowest BCUT2D eigenvalue weighted by Crippen LogP contribution is -2.46. The van der Waals surface area contributed by atoms with Crippen molar-refractivity contribution in [1.82, 2.24) is 0 Å². The van der Waals surface area contributed by atoms with Crippen LogP contribution in [0.25, 0.3) is 0 Å². The van der Waals surface area contributed by atoms with Crippen LogP contribution in [0.15, 0.2) is 12.2 Å². The molecule has 0 spiro atoms. The summed E-state index contributed by atoms with van der Waals surface area (Å²) in [5.41, 5.74) is 0. The average molecular weight is 260 g/mol. The van der Waals surface area contributed by atoms with E-state index in [0.29, 0.717) is 30.8 Å². The van der Waals surface area contributed by atoms with Gasteiger partial charge in [0.15, 0.2) is 0 Å². The van der Waals surface area contributed by atoms with E-state index in [0.717, 1.165) is 30.1 Å². The summed E-state index contributed by atoms with van der Waals surface area (Å²) in [6.45, 7) is 0.676. The van der Waals surface area contributed by atoms with Gasteiger partial charge >= 0.3 is 0 Å². The van der Waals surface area contributed by atoms with E-state index < -0.39 is 0 Å². The van der Waals surface area contributed by atoms with Crippen LogP contribution >= 0.6 is 0 Å². The van der Waals surface area contributed by atoms with Crippen LogP contribution in [0.2, 0.25) is 0 Å². The fourth-order valence-electron chi connectivity index (χ4n) is 5.38. The van der Waals surface area contributed by atoms with Gasteiger partial charge in [0, 0.05) is 12.8 Å². The maximum atomic E-state index is 11.8. The van der Waals surface area contributed by atoms with Crippen molar-refractivity contribution in [2.45, 2.75) is 51.0 Å². The van der Waals surface area contributed by atoms with Gasteiger partial charge in [-0.3, -0.25) is 4.79 Å². The van der Waals surface area contributed by atoms with E-state index in [1.54, 1.807) is 0 Å². The minimum atomic E-state index is 0.395. The Hall–Kier alpha value is -0.630. The van der Waals surface area contributed by atoms with Gasteiger partial charge in [-0.25, -0.2) is 0 Å². The summed E-state index contributed by atoms with van der Waals surface area (Å²) in [5.74, 6) is 4.31. The zero-order valence-electron chi connectivity index (χ0n) is 11.6. The summed E-state index contributed by atoms with van der Waals surface area (Å²) >= 11 is 0. The van der Waals surface area contributed by atoms with Crippen molar-refractivity contribution in [2.24, 2.45) is 29.6 Å². The van der Waals surface area contributed by atoms with Gasteiger partial charge in [-0.1, -0.05) is 12.2 Å². The van der Waals surface area contributed by atoms with Crippen LogP contribution in [0.5, 0.6) is 0 Å². The van der Waals surface area contributed by atoms with Gasteiger partial charge in [-0.05, 0) is 61.7 Å². The second-order valence-electron chi connectivity index (χ2n) is 7.06. The lowest BCUT2D eigenvalue weighted by Gasteiger charge is -2.49. The first kappa shape index (κ1) is 12.1. The van der Waals surface area contributed by atoms with Crippen molar-refractivity contribution in [3.8, 4) is 0 Å². The summed E-state index contributed by atoms with van der Waals surface area (Å²) in [6, 6.07) is 0. The molecule has 3 aliphatic carbocycles. The number of allylic oxidation sites excluding steroid dienone is 2. The molecule has 19 heavy (non-hydrogen) atoms. The predicted octanol–water partition coefficient (Wildman–Crippen LogP) is 3.36. The van der Waals surface area contributed by atoms with Crippen molar-refractivity contribution in [1.29, 1.82) is 0 Å². The molecular formula is C17H24O2. The van der Waals surface area contributed by atoms with Crippen LogP contribution in [-0.4, -0.2) is 18.5 Å². The Morgan fingerprint density at radius 1 is 1.05 bits per heavy atom. The van der Waals surface area contributed by atoms with Crippen LogP contribution in [-0.2, 0) is 9.53 Å². The van der Waals surface area contributed by atoms with Crippen molar-refractivity contribution < 1.29 is 9.53 Å². The quantitative estimate of drug-likeness (QED) is 0.624. The molecule has 6 unspecified atom stereocenters. The first-order valence-corrected chi connectivity index (χ1v) is 8.13. The molecule has 3 fully saturated rings. The molecule has 0 aromatic carbocycles. The number of ether oxygens (including phenoxy) is 1. The van der Waals surface area contributed by atoms with Crippen molar-refractivity contribution in [3.05, 3.63) is 12.2 Å². The number of carbonyl (C=O) groups excluding carboxylic acids is 1. The van der Waals surface area contributed by atoms with Gasteiger partial charge in [-0.15, -0.1) is 0 Å². The van der Waals surface area contributed by atoms with Crippen LogP contribution in [0.3, 0.4) is 0 Å². The highest BCUT2D eigenvalue weighted by Crippen LogP contribution is 2.53. The Balaban J connectivity index is 1.56. The molecule has 1 saturated heterocycles. The summed E-state index contributed by atoms with van der Waals surface area (Å²) in [5, 5.41) is 0. The predicted molar refractivity (Wildman–Crippen MR) is 73.7 cm³/mol. The summed E-state index contributed by atoms with van der Waals surface area (Å²) in [4.78, 5) is 11.8. The molecule has 4 aliphatic rings. The minimum absolute atomic E-state index is 0.395. The summed E-state index contributed by atoms with van der Waals surface area (Å²) in [6.07, 6.45) is 13.2. The third-order valence-corrected chi connectivity index (χ3v) is 6.21. The molecule has 0 bridgehead atoms. The maximum absolute atomic E-state index is 11.8. The molecule has 1 aliphatic heterocycles. The van der Waals surface area contributed by atoms with Gasteiger partial charge in [-0.2, -0.15) is 0 Å². The summed E-state index contributed by atoms with van der Waals surface area (Å²) < 4.78 is 6.15. The second kappa shape index (κ2) is 4.73. The van der Waals surface area contributed by atoms with E-state index in [1.807, 2.05) is 0 Å². The topological polar surface area (TPSA) is 26.3 Å². The Bertz CT molecular complexity index is 400. The van der Waals surface area contributed by atoms with E-state index in [-0.39, 0.29) is 0 Å². The average Bonchev–Trinajstić information content (AvgIpc) is 2.80. The molecule has 0 radical (unpaired) electrons. The van der Waals surface area contributed by atoms with Gasteiger partial charge in [0.05, 0.1) is 12.7 Å². The Kier molecular flexibility index (Phi) is 3.02. The van der Waals surface area contributed by atoms with E-state index in [2.05, 4.69) is 12.2 Å². The molecule has 0 aromatic rings. The third kappa shape index (κ3) is 1.99. The Morgan fingerprint density at radius 2 is 1.95 bits per heavy atom. The first-order chi connectivity index (χ1) is 9.33. The largest absolute Gasteiger partial charge is 0.377 e.